The molecule has 1 aromatic heterocycles. The van der Waals surface area contributed by atoms with Crippen LogP contribution in [-0.2, 0) is 9.84 Å². The highest BCUT2D eigenvalue weighted by molar-refractivity contribution is 7.97. The third-order valence-electron chi connectivity index (χ3n) is 4.36. The van der Waals surface area contributed by atoms with E-state index < -0.39 is 15.7 Å². The van der Waals surface area contributed by atoms with E-state index in [-0.39, 0.29) is 17.5 Å². The van der Waals surface area contributed by atoms with Gasteiger partial charge >= 0.3 is 0 Å². The van der Waals surface area contributed by atoms with Gasteiger partial charge in [0.1, 0.15) is 6.07 Å². The molecule has 3 aromatic rings. The number of rotatable bonds is 4. The topological polar surface area (TPSA) is 116 Å². The Morgan fingerprint density at radius 2 is 1.69 bits per heavy atom. The van der Waals surface area contributed by atoms with E-state index in [0.717, 1.165) is 15.7 Å². The number of benzene rings is 2. The van der Waals surface area contributed by atoms with Gasteiger partial charge in [0.05, 0.1) is 26.4 Å². The number of carbonyl (C=O) groups is 1. The lowest BCUT2D eigenvalue weighted by atomic mass is 10.2. The molecule has 0 fully saturated rings. The average molecular weight is 487 g/mol. The standard InChI is InChI=1S/C21H12Cl2N4O4S/c22-15-2-1-3-16(23)18(15)20-26-17(12-24)19(31-20)25-14-6-4-13(5-7-14)21(28)27-8-10-32(29,30)11-9-27/h1-11,25H. The van der Waals surface area contributed by atoms with Gasteiger partial charge in [-0.05, 0) is 36.4 Å². The van der Waals surface area contributed by atoms with Crippen LogP contribution in [0.5, 0.6) is 0 Å². The van der Waals surface area contributed by atoms with Gasteiger partial charge in [0, 0.05) is 23.7 Å². The van der Waals surface area contributed by atoms with Crippen LogP contribution in [0.2, 0.25) is 10.0 Å². The molecule has 32 heavy (non-hydrogen) atoms. The van der Waals surface area contributed by atoms with Gasteiger partial charge in [-0.2, -0.15) is 10.2 Å². The van der Waals surface area contributed by atoms with Gasteiger partial charge in [0.15, 0.2) is 9.84 Å². The van der Waals surface area contributed by atoms with E-state index in [1.165, 1.54) is 12.4 Å². The fourth-order valence-electron chi connectivity index (χ4n) is 2.80. The minimum atomic E-state index is -3.43. The van der Waals surface area contributed by atoms with Crippen molar-refractivity contribution in [2.24, 2.45) is 0 Å². The van der Waals surface area contributed by atoms with Crippen LogP contribution in [0.4, 0.5) is 11.6 Å². The Morgan fingerprint density at radius 1 is 1.06 bits per heavy atom. The average Bonchev–Trinajstić information content (AvgIpc) is 3.16. The van der Waals surface area contributed by atoms with Gasteiger partial charge in [-0.25, -0.2) is 8.42 Å². The Balaban J connectivity index is 1.56. The maximum absolute atomic E-state index is 12.5. The molecule has 0 atom stereocenters. The third kappa shape index (κ3) is 4.38. The molecule has 0 unspecified atom stereocenters. The molecule has 1 N–H and O–H groups in total. The maximum Gasteiger partial charge on any atom is 0.261 e. The molecule has 160 valence electrons. The van der Waals surface area contributed by atoms with E-state index in [1.807, 2.05) is 6.07 Å². The smallest absolute Gasteiger partial charge is 0.261 e. The van der Waals surface area contributed by atoms with Crippen LogP contribution < -0.4 is 5.32 Å². The lowest BCUT2D eigenvalue weighted by molar-refractivity contribution is 0.0869. The molecule has 0 bridgehead atoms. The number of hydrogen-bond donors (Lipinski definition) is 1. The molecular formula is C21H12Cl2N4O4S. The van der Waals surface area contributed by atoms with Crippen molar-refractivity contribution in [2.45, 2.75) is 0 Å². The Bertz CT molecular complexity index is 1380. The summed E-state index contributed by atoms with van der Waals surface area (Å²) in [5.74, 6) is -0.235. The van der Waals surface area contributed by atoms with Crippen LogP contribution in [-0.4, -0.2) is 24.2 Å². The number of halogens is 2. The minimum Gasteiger partial charge on any atom is -0.419 e. The van der Waals surface area contributed by atoms with Crippen LogP contribution >= 0.6 is 23.2 Å². The summed E-state index contributed by atoms with van der Waals surface area (Å²) in [4.78, 5) is 17.8. The first-order chi connectivity index (χ1) is 15.3. The molecule has 0 saturated carbocycles. The van der Waals surface area contributed by atoms with Crippen molar-refractivity contribution in [3.63, 3.8) is 0 Å². The van der Waals surface area contributed by atoms with E-state index in [4.69, 9.17) is 27.6 Å². The number of oxazole rings is 1. The van der Waals surface area contributed by atoms with Crippen molar-refractivity contribution in [2.75, 3.05) is 5.32 Å². The number of carbonyl (C=O) groups excluding carboxylic acids is 1. The number of anilines is 2. The van der Waals surface area contributed by atoms with Crippen molar-refractivity contribution >= 4 is 50.5 Å². The summed E-state index contributed by atoms with van der Waals surface area (Å²) in [6.07, 6.45) is 2.36. The second-order valence-corrected chi connectivity index (χ2v) is 9.02. The zero-order valence-corrected chi connectivity index (χ0v) is 18.3. The van der Waals surface area contributed by atoms with Gasteiger partial charge in [-0.1, -0.05) is 29.3 Å². The second-order valence-electron chi connectivity index (χ2n) is 6.48. The number of aromatic nitrogens is 1. The summed E-state index contributed by atoms with van der Waals surface area (Å²) >= 11 is 12.4. The first kappa shape index (κ1) is 21.6. The van der Waals surface area contributed by atoms with E-state index in [2.05, 4.69) is 10.3 Å². The van der Waals surface area contributed by atoms with Crippen LogP contribution in [0.1, 0.15) is 16.1 Å². The predicted molar refractivity (Wildman–Crippen MR) is 120 cm³/mol. The summed E-state index contributed by atoms with van der Waals surface area (Å²) in [6, 6.07) is 13.2. The zero-order chi connectivity index (χ0) is 22.9. The number of nitrogens with one attached hydrogen (secondary N) is 1. The summed E-state index contributed by atoms with van der Waals surface area (Å²) in [6.45, 7) is 0. The highest BCUT2D eigenvalue weighted by Gasteiger charge is 2.20. The van der Waals surface area contributed by atoms with Crippen molar-refractivity contribution in [3.8, 4) is 17.5 Å². The Labute approximate surface area is 192 Å². The number of amides is 1. The van der Waals surface area contributed by atoms with Gasteiger partial charge < -0.3 is 9.73 Å². The predicted octanol–water partition coefficient (Wildman–Crippen LogP) is 5.08. The molecule has 8 nitrogen and oxygen atoms in total. The van der Waals surface area contributed by atoms with Crippen molar-refractivity contribution in [3.05, 3.63) is 87.0 Å². The normalized spacial score (nSPS) is 14.2. The second kappa shape index (κ2) is 8.51. The molecule has 4 rings (SSSR count). The fourth-order valence-corrected chi connectivity index (χ4v) is 4.05. The molecule has 2 aromatic carbocycles. The molecule has 0 aliphatic carbocycles. The molecule has 1 aliphatic rings. The molecular weight excluding hydrogens is 475 g/mol. The van der Waals surface area contributed by atoms with Crippen molar-refractivity contribution in [1.82, 2.24) is 9.88 Å². The Kier molecular flexibility index (Phi) is 5.76. The Hall–Kier alpha value is -3.58. The monoisotopic (exact) mass is 486 g/mol. The molecule has 0 spiro atoms. The summed E-state index contributed by atoms with van der Waals surface area (Å²) in [7, 11) is -3.43. The number of sulfone groups is 1. The first-order valence-electron chi connectivity index (χ1n) is 8.94. The molecule has 1 amide bonds. The fraction of sp³-hybridized carbons (Fsp3) is 0. The quantitative estimate of drug-likeness (QED) is 0.546. The molecule has 11 heteroatoms. The zero-order valence-electron chi connectivity index (χ0n) is 16.0. The van der Waals surface area contributed by atoms with E-state index in [1.54, 1.807) is 42.5 Å². The van der Waals surface area contributed by atoms with Crippen LogP contribution in [0.15, 0.2) is 70.1 Å². The highest BCUT2D eigenvalue weighted by Crippen LogP contribution is 2.36. The van der Waals surface area contributed by atoms with Crippen molar-refractivity contribution < 1.29 is 17.6 Å². The van der Waals surface area contributed by atoms with Crippen LogP contribution in [0.3, 0.4) is 0 Å². The lowest BCUT2D eigenvalue weighted by Crippen LogP contribution is -2.22. The van der Waals surface area contributed by atoms with Gasteiger partial charge in [-0.3, -0.25) is 9.69 Å². The first-order valence-corrected chi connectivity index (χ1v) is 11.3. The van der Waals surface area contributed by atoms with Gasteiger partial charge in [-0.15, -0.1) is 0 Å². The summed E-state index contributed by atoms with van der Waals surface area (Å²) in [5.41, 5.74) is 1.22. The van der Waals surface area contributed by atoms with E-state index >= 15 is 0 Å². The number of nitriles is 1. The molecule has 0 radical (unpaired) electrons. The number of hydrogen-bond acceptors (Lipinski definition) is 7. The minimum absolute atomic E-state index is 0.000870. The third-order valence-corrected chi connectivity index (χ3v) is 5.99. The Morgan fingerprint density at radius 3 is 2.28 bits per heavy atom. The van der Waals surface area contributed by atoms with Gasteiger partial charge in [0.2, 0.25) is 17.5 Å². The summed E-state index contributed by atoms with van der Waals surface area (Å²) in [5, 5.41) is 14.9. The van der Waals surface area contributed by atoms with Crippen LogP contribution in [0.25, 0.3) is 11.5 Å². The highest BCUT2D eigenvalue weighted by atomic mass is 35.5. The molecule has 1 aliphatic heterocycles. The van der Waals surface area contributed by atoms with E-state index in [9.17, 15) is 18.5 Å². The number of nitrogens with zero attached hydrogens (tertiary/aromatic N) is 3. The van der Waals surface area contributed by atoms with Crippen molar-refractivity contribution in [1.29, 1.82) is 5.26 Å². The lowest BCUT2D eigenvalue weighted by Gasteiger charge is -2.16. The van der Waals surface area contributed by atoms with Crippen LogP contribution in [0, 0.1) is 11.3 Å². The van der Waals surface area contributed by atoms with Gasteiger partial charge in [0.25, 0.3) is 5.91 Å². The summed E-state index contributed by atoms with van der Waals surface area (Å²) < 4.78 is 28.5. The molecule has 0 saturated heterocycles. The van der Waals surface area contributed by atoms with E-state index in [0.29, 0.717) is 26.9 Å². The molecule has 2 heterocycles. The SMILES string of the molecule is N#Cc1nc(-c2c(Cl)cccc2Cl)oc1Nc1ccc(C(=O)N2C=CS(=O)(=O)C=C2)cc1. The largest absolute Gasteiger partial charge is 0.419 e. The maximum atomic E-state index is 12.5.